The van der Waals surface area contributed by atoms with Crippen LogP contribution in [0.3, 0.4) is 0 Å². The van der Waals surface area contributed by atoms with E-state index in [1.54, 1.807) is 19.2 Å². The monoisotopic (exact) mass is 239 g/mol. The molecule has 0 N–H and O–H groups in total. The summed E-state index contributed by atoms with van der Waals surface area (Å²) in [5.41, 5.74) is 0.861. The molecule has 1 aliphatic rings. The zero-order valence-electron chi connectivity index (χ0n) is 9.37. The van der Waals surface area contributed by atoms with Gasteiger partial charge < -0.3 is 4.74 Å². The number of nitrogens with zero attached hydrogens (tertiary/aromatic N) is 1. The molecule has 16 heavy (non-hydrogen) atoms. The van der Waals surface area contributed by atoms with Crippen LogP contribution in [0.4, 0.5) is 0 Å². The number of carbonyl (C=O) groups excluding carboxylic acids is 1. The topological polar surface area (TPSA) is 29.5 Å². The van der Waals surface area contributed by atoms with Crippen LogP contribution < -0.4 is 4.74 Å². The first kappa shape index (κ1) is 11.4. The van der Waals surface area contributed by atoms with E-state index in [1.807, 2.05) is 18.0 Å². The molecule has 1 heterocycles. The fourth-order valence-corrected chi connectivity index (χ4v) is 2.31. The molecule has 1 aromatic rings. The molecule has 1 aromatic carbocycles. The average molecular weight is 240 g/mol. The third kappa shape index (κ3) is 1.93. The number of hydrogen-bond acceptors (Lipinski definition) is 3. The highest BCUT2D eigenvalue weighted by molar-refractivity contribution is 6.30. The minimum Gasteiger partial charge on any atom is -0.496 e. The maximum Gasteiger partial charge on any atom is 0.155 e. The zero-order valence-corrected chi connectivity index (χ0v) is 10.1. The SMILES string of the molecule is COc1ccc(Cl)cc1C1C(=O)CCN1C. The van der Waals surface area contributed by atoms with E-state index in [4.69, 9.17) is 16.3 Å². The molecular formula is C12H14ClNO2. The van der Waals surface area contributed by atoms with E-state index in [1.165, 1.54) is 0 Å². The van der Waals surface area contributed by atoms with Gasteiger partial charge in [0.05, 0.1) is 13.2 Å². The second-order valence-electron chi connectivity index (χ2n) is 3.99. The van der Waals surface area contributed by atoms with Crippen LogP contribution in [0.25, 0.3) is 0 Å². The Bertz CT molecular complexity index is 419. The van der Waals surface area contributed by atoms with Gasteiger partial charge >= 0.3 is 0 Å². The fraction of sp³-hybridized carbons (Fsp3) is 0.417. The number of Topliss-reactive ketones (excluding diaryl/α,β-unsaturated/α-hetero) is 1. The Morgan fingerprint density at radius 3 is 2.81 bits per heavy atom. The molecule has 0 aromatic heterocycles. The standard InChI is InChI=1S/C12H14ClNO2/c1-14-6-5-10(15)12(14)9-7-8(13)3-4-11(9)16-2/h3-4,7,12H,5-6H2,1-2H3. The Hall–Kier alpha value is -1.06. The summed E-state index contributed by atoms with van der Waals surface area (Å²) in [7, 11) is 3.54. The lowest BCUT2D eigenvalue weighted by Crippen LogP contribution is -2.21. The molecule has 1 fully saturated rings. The quantitative estimate of drug-likeness (QED) is 0.793. The van der Waals surface area contributed by atoms with E-state index in [0.717, 1.165) is 17.9 Å². The predicted octanol–water partition coefficient (Wildman–Crippen LogP) is 2.29. The molecule has 4 heteroatoms. The number of ether oxygens (including phenoxy) is 1. The summed E-state index contributed by atoms with van der Waals surface area (Å²) < 4.78 is 5.27. The number of likely N-dealkylation sites (tertiary alicyclic amines) is 1. The smallest absolute Gasteiger partial charge is 0.155 e. The first-order valence-corrected chi connectivity index (χ1v) is 5.57. The lowest BCUT2D eigenvalue weighted by molar-refractivity contribution is -0.119. The highest BCUT2D eigenvalue weighted by Gasteiger charge is 2.33. The van der Waals surface area contributed by atoms with Gasteiger partial charge in [0.25, 0.3) is 0 Å². The summed E-state index contributed by atoms with van der Waals surface area (Å²) in [5, 5.41) is 0.629. The van der Waals surface area contributed by atoms with Gasteiger partial charge in [0, 0.05) is 23.6 Å². The molecule has 3 nitrogen and oxygen atoms in total. The first-order valence-electron chi connectivity index (χ1n) is 5.20. The molecule has 1 aliphatic heterocycles. The average Bonchev–Trinajstić information content (AvgIpc) is 2.58. The Labute approximate surface area is 100.0 Å². The summed E-state index contributed by atoms with van der Waals surface area (Å²) >= 11 is 5.96. The number of hydrogen-bond donors (Lipinski definition) is 0. The lowest BCUT2D eigenvalue weighted by Gasteiger charge is -2.20. The molecule has 0 aliphatic carbocycles. The number of likely N-dealkylation sites (N-methyl/N-ethyl adjacent to an activating group) is 1. The van der Waals surface area contributed by atoms with E-state index in [0.29, 0.717) is 11.4 Å². The lowest BCUT2D eigenvalue weighted by atomic mass is 10.0. The van der Waals surface area contributed by atoms with Crippen LogP contribution in [0.1, 0.15) is 18.0 Å². The largest absolute Gasteiger partial charge is 0.496 e. The van der Waals surface area contributed by atoms with Crippen LogP contribution in [-0.2, 0) is 4.79 Å². The van der Waals surface area contributed by atoms with Crippen molar-refractivity contribution in [2.24, 2.45) is 0 Å². The van der Waals surface area contributed by atoms with Crippen LogP contribution in [0, 0.1) is 0 Å². The summed E-state index contributed by atoms with van der Waals surface area (Å²) in [6.45, 7) is 0.791. The number of carbonyl (C=O) groups is 1. The van der Waals surface area contributed by atoms with Crippen molar-refractivity contribution in [2.45, 2.75) is 12.5 Å². The van der Waals surface area contributed by atoms with Crippen LogP contribution in [0.15, 0.2) is 18.2 Å². The van der Waals surface area contributed by atoms with Gasteiger partial charge in [0.15, 0.2) is 5.78 Å². The molecule has 86 valence electrons. The Morgan fingerprint density at radius 2 is 2.25 bits per heavy atom. The molecule has 0 spiro atoms. The van der Waals surface area contributed by atoms with Crippen molar-refractivity contribution in [3.05, 3.63) is 28.8 Å². The van der Waals surface area contributed by atoms with Crippen molar-refractivity contribution in [1.82, 2.24) is 4.90 Å². The van der Waals surface area contributed by atoms with Crippen molar-refractivity contribution in [2.75, 3.05) is 20.7 Å². The summed E-state index contributed by atoms with van der Waals surface area (Å²) in [5.74, 6) is 0.944. The van der Waals surface area contributed by atoms with Gasteiger partial charge in [-0.05, 0) is 25.2 Å². The molecule has 1 unspecified atom stereocenters. The van der Waals surface area contributed by atoms with Gasteiger partial charge in [-0.25, -0.2) is 0 Å². The molecule has 0 saturated carbocycles. The predicted molar refractivity (Wildman–Crippen MR) is 63.0 cm³/mol. The normalized spacial score (nSPS) is 21.4. The van der Waals surface area contributed by atoms with Gasteiger partial charge in [0.1, 0.15) is 5.75 Å². The van der Waals surface area contributed by atoms with Crippen molar-refractivity contribution in [1.29, 1.82) is 0 Å². The number of rotatable bonds is 2. The molecule has 2 rings (SSSR count). The highest BCUT2D eigenvalue weighted by atomic mass is 35.5. The van der Waals surface area contributed by atoms with E-state index in [2.05, 4.69) is 0 Å². The van der Waals surface area contributed by atoms with Crippen LogP contribution in [0.5, 0.6) is 5.75 Å². The third-order valence-electron chi connectivity index (χ3n) is 2.94. The fourth-order valence-electron chi connectivity index (χ4n) is 2.13. The molecule has 1 atom stereocenters. The molecule has 1 saturated heterocycles. The van der Waals surface area contributed by atoms with Gasteiger partial charge in [0.2, 0.25) is 0 Å². The summed E-state index contributed by atoms with van der Waals surface area (Å²) in [6.07, 6.45) is 0.594. The van der Waals surface area contributed by atoms with Crippen LogP contribution in [-0.4, -0.2) is 31.4 Å². The van der Waals surface area contributed by atoms with E-state index < -0.39 is 0 Å². The first-order chi connectivity index (χ1) is 7.63. The Balaban J connectivity index is 2.45. The van der Waals surface area contributed by atoms with Crippen LogP contribution in [0.2, 0.25) is 5.02 Å². The van der Waals surface area contributed by atoms with Gasteiger partial charge in [-0.2, -0.15) is 0 Å². The highest BCUT2D eigenvalue weighted by Crippen LogP contribution is 2.35. The van der Waals surface area contributed by atoms with E-state index in [-0.39, 0.29) is 11.8 Å². The van der Waals surface area contributed by atoms with Gasteiger partial charge in [-0.1, -0.05) is 11.6 Å². The maximum absolute atomic E-state index is 11.8. The van der Waals surface area contributed by atoms with Crippen molar-refractivity contribution >= 4 is 17.4 Å². The Kier molecular flexibility index (Phi) is 3.17. The number of ketones is 1. The maximum atomic E-state index is 11.8. The number of methoxy groups -OCH3 is 1. The number of benzene rings is 1. The Morgan fingerprint density at radius 1 is 1.50 bits per heavy atom. The molecule has 0 amide bonds. The minimum absolute atomic E-state index is 0.214. The summed E-state index contributed by atoms with van der Waals surface area (Å²) in [4.78, 5) is 13.8. The molecular weight excluding hydrogens is 226 g/mol. The zero-order chi connectivity index (χ0) is 11.7. The number of halogens is 1. The van der Waals surface area contributed by atoms with Crippen molar-refractivity contribution in [3.8, 4) is 5.75 Å². The molecule has 0 bridgehead atoms. The molecule has 0 radical (unpaired) electrons. The third-order valence-corrected chi connectivity index (χ3v) is 3.18. The van der Waals surface area contributed by atoms with Gasteiger partial charge in [-0.15, -0.1) is 0 Å². The minimum atomic E-state index is -0.214. The summed E-state index contributed by atoms with van der Waals surface area (Å²) in [6, 6.07) is 5.17. The van der Waals surface area contributed by atoms with Crippen molar-refractivity contribution < 1.29 is 9.53 Å². The second-order valence-corrected chi connectivity index (χ2v) is 4.42. The second kappa shape index (κ2) is 4.44. The van der Waals surface area contributed by atoms with Gasteiger partial charge in [-0.3, -0.25) is 9.69 Å². The van der Waals surface area contributed by atoms with E-state index in [9.17, 15) is 4.79 Å². The van der Waals surface area contributed by atoms with E-state index >= 15 is 0 Å². The van der Waals surface area contributed by atoms with Crippen LogP contribution >= 0.6 is 11.6 Å². The van der Waals surface area contributed by atoms with Crippen molar-refractivity contribution in [3.63, 3.8) is 0 Å².